The molecule has 0 unspecified atom stereocenters. The topological polar surface area (TPSA) is 44.2 Å². The van der Waals surface area contributed by atoms with E-state index in [1.54, 1.807) is 12.4 Å². The van der Waals surface area contributed by atoms with E-state index in [1.165, 1.54) is 0 Å². The Labute approximate surface area is 155 Å². The van der Waals surface area contributed by atoms with E-state index < -0.39 is 8.07 Å². The number of rotatable bonds is 7. The highest BCUT2D eigenvalue weighted by Crippen LogP contribution is 2.29. The molecule has 0 fully saturated rings. The van der Waals surface area contributed by atoms with Crippen LogP contribution in [0.3, 0.4) is 0 Å². The first-order valence-corrected chi connectivity index (χ1v) is 12.5. The van der Waals surface area contributed by atoms with E-state index in [0.29, 0.717) is 11.6 Å². The van der Waals surface area contributed by atoms with Gasteiger partial charge in [0.15, 0.2) is 0 Å². The lowest BCUT2D eigenvalue weighted by molar-refractivity contribution is 0.442. The quantitative estimate of drug-likeness (QED) is 0.487. The summed E-state index contributed by atoms with van der Waals surface area (Å²) < 4.78 is 11.9. The molecule has 5 heteroatoms. The second-order valence-electron chi connectivity index (χ2n) is 7.36. The molecule has 0 atom stereocenters. The molecule has 0 spiro atoms. The number of para-hydroxylation sites is 1. The lowest BCUT2D eigenvalue weighted by Crippen LogP contribution is -2.20. The Balaban J connectivity index is 1.74. The Kier molecular flexibility index (Phi) is 5.68. The molecule has 0 saturated heterocycles. The Morgan fingerprint density at radius 2 is 1.42 bits per heavy atom. The summed E-state index contributed by atoms with van der Waals surface area (Å²) in [6, 6.07) is 18.4. The number of nitrogens with zero attached hydrogens (tertiary/aromatic N) is 2. The molecule has 0 saturated carbocycles. The van der Waals surface area contributed by atoms with Gasteiger partial charge >= 0.3 is 0 Å². The normalized spacial score (nSPS) is 11.2. The molecule has 2 aromatic carbocycles. The van der Waals surface area contributed by atoms with Crippen molar-refractivity contribution in [3.05, 3.63) is 72.7 Å². The highest BCUT2D eigenvalue weighted by atomic mass is 28.3. The van der Waals surface area contributed by atoms with Crippen LogP contribution in [0.25, 0.3) is 0 Å². The Bertz CT molecular complexity index is 848. The third kappa shape index (κ3) is 5.42. The van der Waals surface area contributed by atoms with Crippen molar-refractivity contribution in [1.29, 1.82) is 0 Å². The highest BCUT2D eigenvalue weighted by Gasteiger charge is 2.16. The van der Waals surface area contributed by atoms with Crippen LogP contribution in [-0.4, -0.2) is 18.0 Å². The van der Waals surface area contributed by atoms with Crippen molar-refractivity contribution >= 4 is 8.07 Å². The van der Waals surface area contributed by atoms with Gasteiger partial charge in [0.2, 0.25) is 5.88 Å². The summed E-state index contributed by atoms with van der Waals surface area (Å²) in [5.41, 5.74) is 0.907. The smallest absolute Gasteiger partial charge is 0.241 e. The number of aromatic nitrogens is 2. The molecule has 0 bridgehead atoms. The summed E-state index contributed by atoms with van der Waals surface area (Å²) in [6.07, 6.45) is 4.28. The number of aryl methyl sites for hydroxylation is 1. The van der Waals surface area contributed by atoms with Crippen LogP contribution in [0.15, 0.2) is 67.0 Å². The summed E-state index contributed by atoms with van der Waals surface area (Å²) in [5, 5.41) is 0. The van der Waals surface area contributed by atoms with E-state index >= 15 is 0 Å². The Morgan fingerprint density at radius 3 is 2.15 bits per heavy atom. The van der Waals surface area contributed by atoms with Gasteiger partial charge in [-0.3, -0.25) is 4.98 Å². The van der Waals surface area contributed by atoms with Gasteiger partial charge in [0.25, 0.3) is 0 Å². The predicted molar refractivity (Wildman–Crippen MR) is 107 cm³/mol. The molecule has 134 valence electrons. The van der Waals surface area contributed by atoms with Crippen molar-refractivity contribution in [2.24, 2.45) is 0 Å². The van der Waals surface area contributed by atoms with Gasteiger partial charge in [0.05, 0.1) is 0 Å². The van der Waals surface area contributed by atoms with Gasteiger partial charge in [0.1, 0.15) is 22.9 Å². The van der Waals surface area contributed by atoms with Gasteiger partial charge in [-0.2, -0.15) is 0 Å². The first-order chi connectivity index (χ1) is 12.5. The van der Waals surface area contributed by atoms with Crippen LogP contribution in [-0.2, 0) is 6.42 Å². The average molecular weight is 365 g/mol. The number of hydrogen-bond acceptors (Lipinski definition) is 4. The summed E-state index contributed by atoms with van der Waals surface area (Å²) in [7, 11) is -1.15. The first-order valence-electron chi connectivity index (χ1n) is 8.80. The van der Waals surface area contributed by atoms with E-state index in [4.69, 9.17) is 9.47 Å². The first kappa shape index (κ1) is 18.1. The van der Waals surface area contributed by atoms with Gasteiger partial charge in [-0.1, -0.05) is 50.0 Å². The lowest BCUT2D eigenvalue weighted by Gasteiger charge is -2.16. The monoisotopic (exact) mass is 364 g/mol. The zero-order chi connectivity index (χ0) is 18.4. The minimum atomic E-state index is -1.15. The average Bonchev–Trinajstić information content (AvgIpc) is 2.61. The Hall–Kier alpha value is -2.66. The minimum Gasteiger partial charge on any atom is -0.457 e. The fraction of sp³-hybridized carbons (Fsp3) is 0.238. The van der Waals surface area contributed by atoms with E-state index in [2.05, 4.69) is 29.6 Å². The molecule has 1 heterocycles. The third-order valence-corrected chi connectivity index (χ3v) is 5.60. The molecule has 0 aliphatic heterocycles. The van der Waals surface area contributed by atoms with E-state index in [9.17, 15) is 0 Å². The summed E-state index contributed by atoms with van der Waals surface area (Å²) in [6.45, 7) is 7.07. The van der Waals surface area contributed by atoms with Crippen molar-refractivity contribution < 1.29 is 9.47 Å². The fourth-order valence-corrected chi connectivity index (χ4v) is 3.43. The van der Waals surface area contributed by atoms with Crippen LogP contribution in [0.5, 0.6) is 23.1 Å². The van der Waals surface area contributed by atoms with Crippen LogP contribution in [0.1, 0.15) is 5.69 Å². The van der Waals surface area contributed by atoms with Crippen molar-refractivity contribution in [2.45, 2.75) is 32.1 Å². The third-order valence-electron chi connectivity index (χ3n) is 3.85. The van der Waals surface area contributed by atoms with Crippen LogP contribution < -0.4 is 9.47 Å². The maximum Gasteiger partial charge on any atom is 0.241 e. The maximum atomic E-state index is 6.01. The van der Waals surface area contributed by atoms with Gasteiger partial charge in [-0.05, 0) is 30.7 Å². The van der Waals surface area contributed by atoms with Crippen LogP contribution >= 0.6 is 0 Å². The molecular weight excluding hydrogens is 340 g/mol. The fourth-order valence-electron chi connectivity index (χ4n) is 2.44. The van der Waals surface area contributed by atoms with Crippen LogP contribution in [0, 0.1) is 0 Å². The molecule has 0 radical (unpaired) electrons. The lowest BCUT2D eigenvalue weighted by atomic mass is 10.3. The standard InChI is InChI=1S/C21H24N2O2Si/c1-26(2,3)15-12-20-21(23-14-13-22-20)25-19-11-7-10-18(16-19)24-17-8-5-4-6-9-17/h4-11,13-14,16H,12,15H2,1-3H3. The van der Waals surface area contributed by atoms with Gasteiger partial charge in [-0.15, -0.1) is 0 Å². The molecule has 0 N–H and O–H groups in total. The van der Waals surface area contributed by atoms with Crippen molar-refractivity contribution in [1.82, 2.24) is 9.97 Å². The van der Waals surface area contributed by atoms with Gasteiger partial charge < -0.3 is 9.47 Å². The molecular formula is C21H24N2O2Si. The number of hydrogen-bond donors (Lipinski definition) is 0. The van der Waals surface area contributed by atoms with Crippen molar-refractivity contribution in [3.8, 4) is 23.1 Å². The van der Waals surface area contributed by atoms with Gasteiger partial charge in [-0.25, -0.2) is 4.98 Å². The number of benzene rings is 2. The Morgan fingerprint density at radius 1 is 0.769 bits per heavy atom. The largest absolute Gasteiger partial charge is 0.457 e. The molecule has 1 aromatic heterocycles. The molecule has 0 aliphatic carbocycles. The van der Waals surface area contributed by atoms with E-state index in [1.807, 2.05) is 54.6 Å². The number of ether oxygens (including phenoxy) is 2. The van der Waals surface area contributed by atoms with Crippen molar-refractivity contribution in [2.75, 3.05) is 0 Å². The second-order valence-corrected chi connectivity index (χ2v) is 13.0. The van der Waals surface area contributed by atoms with Crippen LogP contribution in [0.4, 0.5) is 0 Å². The summed E-state index contributed by atoms with van der Waals surface area (Å²) >= 11 is 0. The predicted octanol–water partition coefficient (Wildman–Crippen LogP) is 5.94. The second kappa shape index (κ2) is 8.14. The molecule has 3 aromatic rings. The van der Waals surface area contributed by atoms with E-state index in [-0.39, 0.29) is 0 Å². The zero-order valence-electron chi connectivity index (χ0n) is 15.5. The minimum absolute atomic E-state index is 0.572. The molecule has 0 amide bonds. The molecule has 3 rings (SSSR count). The zero-order valence-corrected chi connectivity index (χ0v) is 16.5. The highest BCUT2D eigenvalue weighted by molar-refractivity contribution is 6.76. The van der Waals surface area contributed by atoms with Crippen LogP contribution in [0.2, 0.25) is 25.7 Å². The SMILES string of the molecule is C[Si](C)(C)CCc1nccnc1Oc1cccc(Oc2ccccc2)c1. The maximum absolute atomic E-state index is 6.01. The summed E-state index contributed by atoms with van der Waals surface area (Å²) in [4.78, 5) is 8.85. The molecule has 0 aliphatic rings. The van der Waals surface area contributed by atoms with Gasteiger partial charge in [0, 0.05) is 26.5 Å². The van der Waals surface area contributed by atoms with Crippen molar-refractivity contribution in [3.63, 3.8) is 0 Å². The van der Waals surface area contributed by atoms with E-state index in [0.717, 1.165) is 29.7 Å². The summed E-state index contributed by atoms with van der Waals surface area (Å²) in [5.74, 6) is 2.78. The molecule has 26 heavy (non-hydrogen) atoms. The molecule has 4 nitrogen and oxygen atoms in total.